The normalized spacial score (nSPS) is 32.4. The minimum atomic E-state index is -0.678. The van der Waals surface area contributed by atoms with Crippen LogP contribution in [0.1, 0.15) is 52.1 Å². The van der Waals surface area contributed by atoms with Crippen LogP contribution < -0.4 is 0 Å². The summed E-state index contributed by atoms with van der Waals surface area (Å²) in [4.78, 5) is 6.87. The minimum Gasteiger partial charge on any atom is -0.387 e. The van der Waals surface area contributed by atoms with E-state index in [1.807, 2.05) is 18.2 Å². The smallest absolute Gasteiger partial charge is 0.0910 e. The lowest BCUT2D eigenvalue weighted by Crippen LogP contribution is -2.58. The largest absolute Gasteiger partial charge is 0.387 e. The van der Waals surface area contributed by atoms with E-state index in [4.69, 9.17) is 4.74 Å². The van der Waals surface area contributed by atoms with Gasteiger partial charge in [0.15, 0.2) is 0 Å². The monoisotopic (exact) mass is 304 g/mol. The number of pyridine rings is 1. The predicted octanol–water partition coefficient (Wildman–Crippen LogP) is 2.75. The number of nitrogens with zero attached hydrogens (tertiary/aromatic N) is 2. The summed E-state index contributed by atoms with van der Waals surface area (Å²) in [7, 11) is 0. The molecule has 2 aliphatic rings. The van der Waals surface area contributed by atoms with Gasteiger partial charge in [0.1, 0.15) is 0 Å². The van der Waals surface area contributed by atoms with Crippen LogP contribution in [0.5, 0.6) is 0 Å². The van der Waals surface area contributed by atoms with E-state index < -0.39 is 5.60 Å². The molecule has 2 fully saturated rings. The van der Waals surface area contributed by atoms with Crippen LogP contribution in [0.2, 0.25) is 0 Å². The number of aromatic nitrogens is 1. The molecule has 0 saturated carbocycles. The van der Waals surface area contributed by atoms with Crippen LogP contribution in [0.15, 0.2) is 24.4 Å². The quantitative estimate of drug-likeness (QED) is 0.929. The molecule has 2 saturated heterocycles. The van der Waals surface area contributed by atoms with E-state index in [2.05, 4.69) is 30.7 Å². The lowest BCUT2D eigenvalue weighted by Gasteiger charge is -2.49. The van der Waals surface area contributed by atoms with Crippen LogP contribution in [0, 0.1) is 0 Å². The maximum Gasteiger partial charge on any atom is 0.0910 e. The molecule has 0 aliphatic carbocycles. The number of rotatable bonds is 4. The summed E-state index contributed by atoms with van der Waals surface area (Å²) in [5, 5.41) is 10.9. The van der Waals surface area contributed by atoms with Gasteiger partial charge in [-0.15, -0.1) is 0 Å². The van der Waals surface area contributed by atoms with Crippen LogP contribution in [-0.4, -0.2) is 44.8 Å². The van der Waals surface area contributed by atoms with Crippen molar-refractivity contribution in [1.29, 1.82) is 0 Å². The first kappa shape index (κ1) is 15.9. The summed E-state index contributed by atoms with van der Waals surface area (Å²) in [6.45, 7) is 7.72. The summed E-state index contributed by atoms with van der Waals surface area (Å²) >= 11 is 0. The van der Waals surface area contributed by atoms with Crippen molar-refractivity contribution in [1.82, 2.24) is 9.88 Å². The van der Waals surface area contributed by atoms with E-state index in [0.29, 0.717) is 25.3 Å². The van der Waals surface area contributed by atoms with Crippen molar-refractivity contribution in [3.8, 4) is 0 Å². The zero-order valence-electron chi connectivity index (χ0n) is 14.0. The fraction of sp³-hybridized carbons (Fsp3) is 0.722. The lowest BCUT2D eigenvalue weighted by atomic mass is 9.84. The summed E-state index contributed by atoms with van der Waals surface area (Å²) in [6, 6.07) is 6.79. The molecule has 1 N–H and O–H groups in total. The van der Waals surface area contributed by atoms with Crippen LogP contribution in [0.4, 0.5) is 0 Å². The number of hydrogen-bond acceptors (Lipinski definition) is 4. The molecule has 0 aromatic carbocycles. The Morgan fingerprint density at radius 1 is 1.27 bits per heavy atom. The van der Waals surface area contributed by atoms with Crippen LogP contribution in [0.3, 0.4) is 0 Å². The molecule has 0 amide bonds. The molecule has 4 nitrogen and oxygen atoms in total. The van der Waals surface area contributed by atoms with E-state index in [-0.39, 0.29) is 5.54 Å². The molecule has 3 rings (SSSR count). The third-order valence-electron chi connectivity index (χ3n) is 4.97. The molecule has 22 heavy (non-hydrogen) atoms. The molecule has 3 heterocycles. The van der Waals surface area contributed by atoms with Gasteiger partial charge in [0.25, 0.3) is 0 Å². The van der Waals surface area contributed by atoms with Gasteiger partial charge in [0, 0.05) is 23.8 Å². The Kier molecular flexibility index (Phi) is 4.27. The fourth-order valence-corrected chi connectivity index (χ4v) is 4.36. The molecule has 122 valence electrons. The van der Waals surface area contributed by atoms with Crippen molar-refractivity contribution < 1.29 is 9.84 Å². The molecular weight excluding hydrogens is 276 g/mol. The van der Waals surface area contributed by atoms with Crippen LogP contribution in [0.25, 0.3) is 0 Å². The maximum absolute atomic E-state index is 10.9. The summed E-state index contributed by atoms with van der Waals surface area (Å²) in [5.41, 5.74) is 0.422. The standard InChI is InChI=1S/C18H28N2O2/c1-17(2,3)20-15-7-8-16(20)11-18(21,10-15)13-22-12-14-6-4-5-9-19-14/h4-6,9,15-16,21H,7-8,10-13H2,1-3H3/t15-,16?,18+/m1/s1. The van der Waals surface area contributed by atoms with Gasteiger partial charge in [-0.3, -0.25) is 9.88 Å². The zero-order valence-corrected chi connectivity index (χ0v) is 14.0. The Morgan fingerprint density at radius 2 is 1.95 bits per heavy atom. The van der Waals surface area contributed by atoms with Gasteiger partial charge < -0.3 is 9.84 Å². The molecule has 1 unspecified atom stereocenters. The molecule has 1 aromatic rings. The number of ether oxygens (including phenoxy) is 1. The number of piperidine rings is 1. The average Bonchev–Trinajstić information content (AvgIpc) is 2.74. The van der Waals surface area contributed by atoms with Crippen molar-refractivity contribution in [3.05, 3.63) is 30.1 Å². The second-order valence-electron chi connectivity index (χ2n) is 7.91. The first-order valence-electron chi connectivity index (χ1n) is 8.36. The Bertz CT molecular complexity index is 484. The molecule has 2 bridgehead atoms. The minimum absolute atomic E-state index is 0.183. The summed E-state index contributed by atoms with van der Waals surface area (Å²) in [6.07, 6.45) is 5.82. The third kappa shape index (κ3) is 3.34. The van der Waals surface area contributed by atoms with Gasteiger partial charge in [0.05, 0.1) is 24.5 Å². The molecule has 0 spiro atoms. The Hall–Kier alpha value is -0.970. The van der Waals surface area contributed by atoms with Gasteiger partial charge in [0.2, 0.25) is 0 Å². The highest BCUT2D eigenvalue weighted by Crippen LogP contribution is 2.44. The zero-order chi connectivity index (χ0) is 15.8. The molecular formula is C18H28N2O2. The van der Waals surface area contributed by atoms with Gasteiger partial charge in [-0.25, -0.2) is 0 Å². The van der Waals surface area contributed by atoms with E-state index in [9.17, 15) is 5.11 Å². The average molecular weight is 304 g/mol. The van der Waals surface area contributed by atoms with Crippen LogP contribution in [-0.2, 0) is 11.3 Å². The molecule has 1 aromatic heterocycles. The first-order valence-corrected chi connectivity index (χ1v) is 8.36. The Balaban J connectivity index is 1.57. The van der Waals surface area contributed by atoms with Gasteiger partial charge in [-0.2, -0.15) is 0 Å². The van der Waals surface area contributed by atoms with Gasteiger partial charge >= 0.3 is 0 Å². The second-order valence-corrected chi connectivity index (χ2v) is 7.91. The van der Waals surface area contributed by atoms with E-state index >= 15 is 0 Å². The van der Waals surface area contributed by atoms with E-state index in [1.54, 1.807) is 6.20 Å². The highest BCUT2D eigenvalue weighted by molar-refractivity contribution is 5.06. The number of fused-ring (bicyclic) bond motifs is 2. The second kappa shape index (κ2) is 5.91. The predicted molar refractivity (Wildman–Crippen MR) is 86.5 cm³/mol. The van der Waals surface area contributed by atoms with Gasteiger partial charge in [-0.1, -0.05) is 6.07 Å². The van der Waals surface area contributed by atoms with Gasteiger partial charge in [-0.05, 0) is 58.6 Å². The number of hydrogen-bond donors (Lipinski definition) is 1. The summed E-state index contributed by atoms with van der Waals surface area (Å²) in [5.74, 6) is 0. The fourth-order valence-electron chi connectivity index (χ4n) is 4.36. The highest BCUT2D eigenvalue weighted by Gasteiger charge is 2.50. The molecule has 2 aliphatic heterocycles. The van der Waals surface area contributed by atoms with Crippen molar-refractivity contribution in [2.24, 2.45) is 0 Å². The molecule has 0 radical (unpaired) electrons. The third-order valence-corrected chi connectivity index (χ3v) is 4.97. The number of aliphatic hydroxyl groups is 1. The van der Waals surface area contributed by atoms with E-state index in [1.165, 1.54) is 12.8 Å². The van der Waals surface area contributed by atoms with Crippen LogP contribution >= 0.6 is 0 Å². The lowest BCUT2D eigenvalue weighted by molar-refractivity contribution is -0.119. The van der Waals surface area contributed by atoms with Crippen molar-refractivity contribution >= 4 is 0 Å². The summed E-state index contributed by atoms with van der Waals surface area (Å²) < 4.78 is 5.78. The Labute approximate surface area is 133 Å². The molecule has 3 atom stereocenters. The van der Waals surface area contributed by atoms with E-state index in [0.717, 1.165) is 18.5 Å². The maximum atomic E-state index is 10.9. The highest BCUT2D eigenvalue weighted by atomic mass is 16.5. The van der Waals surface area contributed by atoms with Crippen molar-refractivity contribution in [2.45, 2.75) is 76.3 Å². The van der Waals surface area contributed by atoms with Crippen molar-refractivity contribution in [2.75, 3.05) is 6.61 Å². The van der Waals surface area contributed by atoms with Crippen molar-refractivity contribution in [3.63, 3.8) is 0 Å². The molecule has 4 heteroatoms. The SMILES string of the molecule is CC(C)(C)N1C2CC[C@@H]1C[C@@](O)(COCc1ccccn1)C2. The first-order chi connectivity index (χ1) is 10.4. The topological polar surface area (TPSA) is 45.6 Å². The Morgan fingerprint density at radius 3 is 2.50 bits per heavy atom.